The molecule has 5 nitrogen and oxygen atoms in total. The first-order chi connectivity index (χ1) is 13.7. The van der Waals surface area contributed by atoms with Crippen LogP contribution in [0.4, 0.5) is 0 Å². The molecule has 0 amide bonds. The molecule has 6 heteroatoms. The van der Waals surface area contributed by atoms with Gasteiger partial charge in [0.2, 0.25) is 11.8 Å². The summed E-state index contributed by atoms with van der Waals surface area (Å²) in [5, 5.41) is 10.6. The largest absolute Gasteiger partial charge is 0.423 e. The zero-order valence-corrected chi connectivity index (χ0v) is 17.0. The molecule has 0 N–H and O–H groups in total. The summed E-state index contributed by atoms with van der Waals surface area (Å²) in [5.74, 6) is 2.05. The minimum absolute atomic E-state index is 0.153. The van der Waals surface area contributed by atoms with Crippen LogP contribution in [0, 0.1) is 6.92 Å². The summed E-state index contributed by atoms with van der Waals surface area (Å²) >= 11 is 6.72. The molecule has 2 aliphatic rings. The molecule has 28 heavy (non-hydrogen) atoms. The van der Waals surface area contributed by atoms with Crippen LogP contribution in [-0.4, -0.2) is 26.6 Å². The predicted octanol–water partition coefficient (Wildman–Crippen LogP) is 5.57. The van der Waals surface area contributed by atoms with Crippen molar-refractivity contribution in [1.82, 2.24) is 20.1 Å². The number of likely N-dealkylation sites (tertiary alicyclic amines) is 1. The lowest BCUT2D eigenvalue weighted by atomic mass is 9.85. The molecule has 1 aliphatic heterocycles. The van der Waals surface area contributed by atoms with Crippen LogP contribution >= 0.6 is 11.6 Å². The molecular formula is C22H25ClN4O. The van der Waals surface area contributed by atoms with Gasteiger partial charge < -0.3 is 4.42 Å². The number of para-hydroxylation sites is 1. The van der Waals surface area contributed by atoms with Crippen LogP contribution in [0.15, 0.2) is 28.7 Å². The Balaban J connectivity index is 1.43. The maximum absolute atomic E-state index is 6.72. The number of hydrogen-bond donors (Lipinski definition) is 0. The van der Waals surface area contributed by atoms with Crippen LogP contribution in [-0.2, 0) is 6.54 Å². The zero-order chi connectivity index (χ0) is 19.1. The van der Waals surface area contributed by atoms with E-state index >= 15 is 0 Å². The van der Waals surface area contributed by atoms with Crippen molar-refractivity contribution in [2.45, 2.75) is 64.0 Å². The van der Waals surface area contributed by atoms with Crippen LogP contribution in [0.5, 0.6) is 0 Å². The predicted molar refractivity (Wildman–Crippen MR) is 109 cm³/mol. The number of aromatic nitrogens is 3. The Bertz CT molecular complexity index is 997. The Morgan fingerprint density at radius 1 is 1.07 bits per heavy atom. The Hall–Kier alpha value is -1.98. The highest BCUT2D eigenvalue weighted by Gasteiger charge is 2.32. The van der Waals surface area contributed by atoms with E-state index in [0.29, 0.717) is 12.5 Å². The minimum Gasteiger partial charge on any atom is -0.423 e. The van der Waals surface area contributed by atoms with E-state index in [1.807, 2.05) is 12.1 Å². The van der Waals surface area contributed by atoms with Gasteiger partial charge in [-0.25, -0.2) is 4.98 Å². The molecule has 1 saturated heterocycles. The van der Waals surface area contributed by atoms with Crippen molar-refractivity contribution in [2.24, 2.45) is 0 Å². The van der Waals surface area contributed by atoms with Gasteiger partial charge in [-0.2, -0.15) is 0 Å². The average molecular weight is 397 g/mol. The van der Waals surface area contributed by atoms with Crippen LogP contribution in [0.2, 0.25) is 5.02 Å². The first-order valence-electron chi connectivity index (χ1n) is 10.3. The van der Waals surface area contributed by atoms with E-state index in [0.717, 1.165) is 51.9 Å². The van der Waals surface area contributed by atoms with Gasteiger partial charge in [-0.15, -0.1) is 10.2 Å². The maximum atomic E-state index is 6.72. The van der Waals surface area contributed by atoms with E-state index < -0.39 is 0 Å². The molecule has 5 rings (SSSR count). The molecule has 2 fully saturated rings. The third kappa shape index (κ3) is 3.20. The van der Waals surface area contributed by atoms with Crippen molar-refractivity contribution < 1.29 is 4.42 Å². The van der Waals surface area contributed by atoms with Crippen LogP contribution in [0.3, 0.4) is 0 Å². The van der Waals surface area contributed by atoms with Crippen molar-refractivity contribution in [3.05, 3.63) is 52.3 Å². The molecule has 1 aromatic carbocycles. The molecular weight excluding hydrogens is 372 g/mol. The monoisotopic (exact) mass is 396 g/mol. The number of rotatable bonds is 4. The Labute approximate surface area is 170 Å². The smallest absolute Gasteiger partial charge is 0.233 e. The highest BCUT2D eigenvalue weighted by atomic mass is 35.5. The first-order valence-corrected chi connectivity index (χ1v) is 10.7. The molecule has 1 aliphatic carbocycles. The molecule has 1 unspecified atom stereocenters. The fourth-order valence-electron chi connectivity index (χ4n) is 4.38. The van der Waals surface area contributed by atoms with Crippen molar-refractivity contribution in [3.63, 3.8) is 0 Å². The number of hydrogen-bond acceptors (Lipinski definition) is 5. The van der Waals surface area contributed by atoms with Gasteiger partial charge in [-0.1, -0.05) is 42.6 Å². The van der Waals surface area contributed by atoms with Crippen molar-refractivity contribution >= 4 is 22.5 Å². The Morgan fingerprint density at radius 3 is 2.71 bits per heavy atom. The fraction of sp³-hybridized carbons (Fsp3) is 0.500. The van der Waals surface area contributed by atoms with Crippen LogP contribution < -0.4 is 0 Å². The van der Waals surface area contributed by atoms with E-state index in [1.165, 1.54) is 32.1 Å². The van der Waals surface area contributed by atoms with Gasteiger partial charge in [-0.3, -0.25) is 4.90 Å². The minimum atomic E-state index is 0.153. The third-order valence-electron chi connectivity index (χ3n) is 6.31. The Morgan fingerprint density at radius 2 is 1.89 bits per heavy atom. The number of fused-ring (bicyclic) bond motifs is 1. The second kappa shape index (κ2) is 7.45. The van der Waals surface area contributed by atoms with Gasteiger partial charge in [0.25, 0.3) is 0 Å². The maximum Gasteiger partial charge on any atom is 0.233 e. The van der Waals surface area contributed by atoms with Gasteiger partial charge >= 0.3 is 0 Å². The van der Waals surface area contributed by atoms with Gasteiger partial charge in [0.15, 0.2) is 0 Å². The highest BCUT2D eigenvalue weighted by Crippen LogP contribution is 2.38. The molecule has 3 heterocycles. The van der Waals surface area contributed by atoms with Gasteiger partial charge in [-0.05, 0) is 50.8 Å². The number of benzene rings is 1. The molecule has 1 atom stereocenters. The lowest BCUT2D eigenvalue weighted by Gasteiger charge is -2.33. The fourth-order valence-corrected chi connectivity index (χ4v) is 4.58. The topological polar surface area (TPSA) is 55.1 Å². The van der Waals surface area contributed by atoms with Crippen LogP contribution in [0.25, 0.3) is 10.9 Å². The molecule has 2 aromatic heterocycles. The van der Waals surface area contributed by atoms with E-state index in [9.17, 15) is 0 Å². The SMILES string of the molecule is Cc1c(Cl)c(CN2CCCCC2c2nnc(C3CCC3)o2)nc2ccccc12. The number of halogens is 1. The van der Waals surface area contributed by atoms with Crippen molar-refractivity contribution in [1.29, 1.82) is 0 Å². The molecule has 0 spiro atoms. The number of aryl methyl sites for hydroxylation is 1. The lowest BCUT2D eigenvalue weighted by Crippen LogP contribution is -2.33. The van der Waals surface area contributed by atoms with Crippen molar-refractivity contribution in [3.8, 4) is 0 Å². The molecule has 0 bridgehead atoms. The van der Waals surface area contributed by atoms with Crippen molar-refractivity contribution in [2.75, 3.05) is 6.54 Å². The van der Waals surface area contributed by atoms with E-state index in [1.54, 1.807) is 0 Å². The second-order valence-electron chi connectivity index (χ2n) is 8.10. The second-order valence-corrected chi connectivity index (χ2v) is 8.48. The Kier molecular flexibility index (Phi) is 4.81. The van der Waals surface area contributed by atoms with Gasteiger partial charge in [0.05, 0.1) is 22.3 Å². The lowest BCUT2D eigenvalue weighted by molar-refractivity contribution is 0.114. The summed E-state index contributed by atoms with van der Waals surface area (Å²) in [6, 6.07) is 8.34. The molecule has 1 saturated carbocycles. The van der Waals surface area contributed by atoms with Crippen LogP contribution in [0.1, 0.15) is 73.5 Å². The number of pyridine rings is 1. The number of piperidine rings is 1. The molecule has 3 aromatic rings. The average Bonchev–Trinajstić information content (AvgIpc) is 3.14. The zero-order valence-electron chi connectivity index (χ0n) is 16.2. The molecule has 0 radical (unpaired) electrons. The van der Waals surface area contributed by atoms with Gasteiger partial charge in [0, 0.05) is 17.8 Å². The van der Waals surface area contributed by atoms with E-state index in [-0.39, 0.29) is 6.04 Å². The third-order valence-corrected chi connectivity index (χ3v) is 6.81. The first kappa shape index (κ1) is 18.1. The van der Waals surface area contributed by atoms with E-state index in [2.05, 4.69) is 34.2 Å². The van der Waals surface area contributed by atoms with E-state index in [4.69, 9.17) is 21.0 Å². The number of nitrogens with zero attached hydrogens (tertiary/aromatic N) is 4. The summed E-state index contributed by atoms with van der Waals surface area (Å²) in [4.78, 5) is 7.28. The summed E-state index contributed by atoms with van der Waals surface area (Å²) in [6.45, 7) is 3.78. The summed E-state index contributed by atoms with van der Waals surface area (Å²) in [5.41, 5.74) is 3.03. The summed E-state index contributed by atoms with van der Waals surface area (Å²) in [7, 11) is 0. The summed E-state index contributed by atoms with van der Waals surface area (Å²) < 4.78 is 6.10. The molecule has 146 valence electrons. The highest BCUT2D eigenvalue weighted by molar-refractivity contribution is 6.32. The summed E-state index contributed by atoms with van der Waals surface area (Å²) in [6.07, 6.45) is 7.00. The van der Waals surface area contributed by atoms with Gasteiger partial charge in [0.1, 0.15) is 0 Å². The quantitative estimate of drug-likeness (QED) is 0.576. The normalized spacial score (nSPS) is 21.1. The standard InChI is InChI=1S/C22H25ClN4O/c1-14-16-9-2-3-10-17(16)24-18(20(14)23)13-27-12-5-4-11-19(27)22-26-25-21(28-22)15-7-6-8-15/h2-3,9-10,15,19H,4-8,11-13H2,1H3.